The lowest BCUT2D eigenvalue weighted by molar-refractivity contribution is -0.145. The van der Waals surface area contributed by atoms with Crippen LogP contribution in [0.4, 0.5) is 0 Å². The molecule has 184 valence electrons. The van der Waals surface area contributed by atoms with Crippen LogP contribution in [0.1, 0.15) is 43.2 Å². The van der Waals surface area contributed by atoms with Crippen LogP contribution < -0.4 is 14.2 Å². The highest BCUT2D eigenvalue weighted by atomic mass is 16.5. The van der Waals surface area contributed by atoms with E-state index < -0.39 is 0 Å². The third-order valence-electron chi connectivity index (χ3n) is 7.50. The Balaban J connectivity index is 1.44. The number of amides is 1. The zero-order valence-corrected chi connectivity index (χ0v) is 20.8. The maximum Gasteiger partial charge on any atom is 0.228 e. The number of rotatable bonds is 4. The van der Waals surface area contributed by atoms with E-state index in [1.54, 1.807) is 14.2 Å². The molecule has 0 bridgehead atoms. The van der Waals surface area contributed by atoms with Crippen molar-refractivity contribution in [2.24, 2.45) is 5.41 Å². The van der Waals surface area contributed by atoms with Crippen molar-refractivity contribution in [3.05, 3.63) is 53.6 Å². The molecular weight excluding hydrogens is 428 g/mol. The molecule has 1 amide bonds. The SMILES string of the molecule is COc1ccc(OC)c(CN2CCC3(CCCCc4ccccc4OCCN(C)C3=O)CC2)c1. The van der Waals surface area contributed by atoms with E-state index in [0.717, 1.165) is 81.0 Å². The highest BCUT2D eigenvalue weighted by molar-refractivity contribution is 5.82. The van der Waals surface area contributed by atoms with Gasteiger partial charge in [-0.2, -0.15) is 0 Å². The molecule has 6 nitrogen and oxygen atoms in total. The molecule has 1 spiro atoms. The molecule has 1 fully saturated rings. The number of hydrogen-bond donors (Lipinski definition) is 0. The van der Waals surface area contributed by atoms with Gasteiger partial charge in [0, 0.05) is 19.2 Å². The second kappa shape index (κ2) is 11.1. The van der Waals surface area contributed by atoms with Crippen LogP contribution in [0.3, 0.4) is 0 Å². The summed E-state index contributed by atoms with van der Waals surface area (Å²) in [7, 11) is 5.32. The third kappa shape index (κ3) is 5.49. The highest BCUT2D eigenvalue weighted by Crippen LogP contribution is 2.40. The molecule has 34 heavy (non-hydrogen) atoms. The monoisotopic (exact) mass is 466 g/mol. The van der Waals surface area contributed by atoms with Gasteiger partial charge in [0.05, 0.1) is 26.2 Å². The lowest BCUT2D eigenvalue weighted by atomic mass is 9.73. The average Bonchev–Trinajstić information content (AvgIpc) is 2.87. The number of nitrogens with zero attached hydrogens (tertiary/aromatic N) is 2. The van der Waals surface area contributed by atoms with Crippen molar-refractivity contribution in [1.29, 1.82) is 0 Å². The predicted octanol–water partition coefficient (Wildman–Crippen LogP) is 4.55. The Labute approximate surface area is 203 Å². The molecular formula is C28H38N2O4. The summed E-state index contributed by atoms with van der Waals surface area (Å²) in [4.78, 5) is 18.0. The first kappa shape index (κ1) is 24.4. The second-order valence-electron chi connectivity index (χ2n) is 9.62. The molecule has 4 rings (SSSR count). The highest BCUT2D eigenvalue weighted by Gasteiger charge is 2.42. The second-order valence-corrected chi connectivity index (χ2v) is 9.62. The van der Waals surface area contributed by atoms with E-state index in [1.165, 1.54) is 5.56 Å². The molecule has 2 aliphatic heterocycles. The van der Waals surface area contributed by atoms with E-state index >= 15 is 0 Å². The Bertz CT molecular complexity index is 969. The van der Waals surface area contributed by atoms with Crippen LogP contribution in [0.25, 0.3) is 0 Å². The largest absolute Gasteiger partial charge is 0.497 e. The minimum atomic E-state index is -0.275. The first-order valence-corrected chi connectivity index (χ1v) is 12.4. The number of carbonyl (C=O) groups excluding carboxylic acids is 1. The molecule has 0 radical (unpaired) electrons. The van der Waals surface area contributed by atoms with Gasteiger partial charge < -0.3 is 19.1 Å². The van der Waals surface area contributed by atoms with Crippen molar-refractivity contribution in [2.45, 2.75) is 45.1 Å². The number of likely N-dealkylation sites (tertiary alicyclic amines) is 1. The summed E-state index contributed by atoms with van der Waals surface area (Å²) < 4.78 is 17.0. The molecule has 6 heteroatoms. The fraction of sp³-hybridized carbons (Fsp3) is 0.536. The van der Waals surface area contributed by atoms with Crippen LogP contribution in [0.2, 0.25) is 0 Å². The van der Waals surface area contributed by atoms with Gasteiger partial charge in [0.15, 0.2) is 0 Å². The van der Waals surface area contributed by atoms with E-state index in [9.17, 15) is 4.79 Å². The number of benzene rings is 2. The molecule has 0 saturated carbocycles. The Hall–Kier alpha value is -2.73. The number of aryl methyl sites for hydroxylation is 1. The van der Waals surface area contributed by atoms with E-state index in [2.05, 4.69) is 23.1 Å². The Kier molecular flexibility index (Phi) is 7.99. The van der Waals surface area contributed by atoms with Crippen molar-refractivity contribution < 1.29 is 19.0 Å². The Morgan fingerprint density at radius 3 is 2.53 bits per heavy atom. The minimum Gasteiger partial charge on any atom is -0.497 e. The van der Waals surface area contributed by atoms with Gasteiger partial charge in [0.25, 0.3) is 0 Å². The third-order valence-corrected chi connectivity index (χ3v) is 7.50. The van der Waals surface area contributed by atoms with Crippen LogP contribution in [-0.2, 0) is 17.8 Å². The van der Waals surface area contributed by atoms with Crippen LogP contribution >= 0.6 is 0 Å². The van der Waals surface area contributed by atoms with Crippen molar-refractivity contribution in [1.82, 2.24) is 9.80 Å². The standard InChI is InChI=1S/C28H38N2O4/c1-29-18-19-34-26-10-5-4-8-22(26)9-6-7-13-28(27(29)31)14-16-30(17-15-28)21-23-20-24(32-2)11-12-25(23)33-3/h4-5,8,10-12,20H,6-7,9,13-19,21H2,1-3H3. The van der Waals surface area contributed by atoms with Crippen molar-refractivity contribution in [3.63, 3.8) is 0 Å². The number of para-hydroxylation sites is 1. The van der Waals surface area contributed by atoms with E-state index in [1.807, 2.05) is 36.2 Å². The summed E-state index contributed by atoms with van der Waals surface area (Å²) in [6.07, 6.45) is 5.86. The van der Waals surface area contributed by atoms with Gasteiger partial charge in [-0.05, 0) is 75.0 Å². The number of ether oxygens (including phenoxy) is 3. The summed E-state index contributed by atoms with van der Waals surface area (Å²) in [5, 5.41) is 0. The van der Waals surface area contributed by atoms with E-state index in [4.69, 9.17) is 14.2 Å². The summed E-state index contributed by atoms with van der Waals surface area (Å²) in [5.41, 5.74) is 2.12. The fourth-order valence-corrected chi connectivity index (χ4v) is 5.39. The normalized spacial score (nSPS) is 19.5. The lowest BCUT2D eigenvalue weighted by Crippen LogP contribution is -2.50. The number of methoxy groups -OCH3 is 2. The van der Waals surface area contributed by atoms with Crippen molar-refractivity contribution >= 4 is 5.91 Å². The zero-order valence-electron chi connectivity index (χ0n) is 20.8. The summed E-state index contributed by atoms with van der Waals surface area (Å²) in [6.45, 7) is 3.74. The van der Waals surface area contributed by atoms with Crippen LogP contribution in [0, 0.1) is 5.41 Å². The quantitative estimate of drug-likeness (QED) is 0.662. The molecule has 2 aromatic rings. The topological polar surface area (TPSA) is 51.2 Å². The molecule has 0 N–H and O–H groups in total. The van der Waals surface area contributed by atoms with Gasteiger partial charge in [-0.3, -0.25) is 9.69 Å². The summed E-state index contributed by atoms with van der Waals surface area (Å²) >= 11 is 0. The van der Waals surface area contributed by atoms with Gasteiger partial charge >= 0.3 is 0 Å². The molecule has 0 atom stereocenters. The lowest BCUT2D eigenvalue weighted by Gasteiger charge is -2.43. The molecule has 0 aliphatic carbocycles. The summed E-state index contributed by atoms with van der Waals surface area (Å²) in [5.74, 6) is 2.95. The van der Waals surface area contributed by atoms with Gasteiger partial charge in [-0.1, -0.05) is 24.6 Å². The number of hydrogen-bond acceptors (Lipinski definition) is 5. The van der Waals surface area contributed by atoms with Gasteiger partial charge in [0.1, 0.15) is 23.9 Å². The smallest absolute Gasteiger partial charge is 0.228 e. The number of piperidine rings is 1. The molecule has 0 unspecified atom stereocenters. The molecule has 2 aromatic carbocycles. The predicted molar refractivity (Wildman–Crippen MR) is 134 cm³/mol. The van der Waals surface area contributed by atoms with Gasteiger partial charge in [0.2, 0.25) is 5.91 Å². The maximum absolute atomic E-state index is 13.6. The van der Waals surface area contributed by atoms with E-state index in [-0.39, 0.29) is 11.3 Å². The maximum atomic E-state index is 13.6. The molecule has 2 heterocycles. The van der Waals surface area contributed by atoms with Crippen LogP contribution in [-0.4, -0.2) is 63.2 Å². The van der Waals surface area contributed by atoms with E-state index in [0.29, 0.717) is 13.2 Å². The Morgan fingerprint density at radius 2 is 1.76 bits per heavy atom. The zero-order chi connectivity index (χ0) is 24.0. The van der Waals surface area contributed by atoms with Crippen molar-refractivity contribution in [3.8, 4) is 17.2 Å². The Morgan fingerprint density at radius 1 is 0.971 bits per heavy atom. The van der Waals surface area contributed by atoms with Crippen LogP contribution in [0.5, 0.6) is 17.2 Å². The molecule has 1 saturated heterocycles. The average molecular weight is 467 g/mol. The minimum absolute atomic E-state index is 0.275. The van der Waals surface area contributed by atoms with Gasteiger partial charge in [-0.15, -0.1) is 0 Å². The fourth-order valence-electron chi connectivity index (χ4n) is 5.39. The molecule has 2 aliphatic rings. The number of carbonyl (C=O) groups is 1. The van der Waals surface area contributed by atoms with Gasteiger partial charge in [-0.25, -0.2) is 0 Å². The number of fused-ring (bicyclic) bond motifs is 1. The summed E-state index contributed by atoms with van der Waals surface area (Å²) in [6, 6.07) is 14.2. The number of likely N-dealkylation sites (N-methyl/N-ethyl adjacent to an activating group) is 1. The van der Waals surface area contributed by atoms with Crippen LogP contribution in [0.15, 0.2) is 42.5 Å². The first-order chi connectivity index (χ1) is 16.5. The first-order valence-electron chi connectivity index (χ1n) is 12.4. The van der Waals surface area contributed by atoms with Crippen molar-refractivity contribution in [2.75, 3.05) is 47.5 Å². The molecule has 0 aromatic heterocycles.